The molecule has 2 heterocycles. The van der Waals surface area contributed by atoms with Crippen molar-refractivity contribution in [1.29, 1.82) is 0 Å². The molecule has 11 heteroatoms. The van der Waals surface area contributed by atoms with Gasteiger partial charge in [0.05, 0.1) is 24.2 Å². The zero-order valence-electron chi connectivity index (χ0n) is 20.7. The molecule has 0 saturated carbocycles. The Bertz CT molecular complexity index is 1600. The fourth-order valence-electron chi connectivity index (χ4n) is 4.37. The number of H-pyrrole nitrogens is 1. The van der Waals surface area contributed by atoms with Crippen LogP contribution in [-0.4, -0.2) is 46.5 Å². The van der Waals surface area contributed by atoms with E-state index in [1.54, 1.807) is 48.7 Å². The lowest BCUT2D eigenvalue weighted by atomic mass is 9.99. The van der Waals surface area contributed by atoms with Gasteiger partial charge in [-0.3, -0.25) is 14.4 Å². The first-order chi connectivity index (χ1) is 17.9. The van der Waals surface area contributed by atoms with E-state index in [0.29, 0.717) is 27.5 Å². The van der Waals surface area contributed by atoms with Gasteiger partial charge in [-0.25, -0.2) is 4.79 Å². The number of ketones is 1. The van der Waals surface area contributed by atoms with Crippen molar-refractivity contribution >= 4 is 39.5 Å². The molecule has 1 amide bonds. The highest BCUT2D eigenvalue weighted by Crippen LogP contribution is 2.31. The van der Waals surface area contributed by atoms with Crippen LogP contribution in [0.15, 0.2) is 59.5 Å². The second-order valence-electron chi connectivity index (χ2n) is 9.11. The Hall–Kier alpha value is -4.41. The number of nitrogens with one attached hydrogen (secondary N) is 2. The minimum atomic E-state index is -5.09. The van der Waals surface area contributed by atoms with Crippen LogP contribution >= 0.6 is 0 Å². The molecule has 0 bridgehead atoms. The fourth-order valence-corrected chi connectivity index (χ4v) is 4.37. The van der Waals surface area contributed by atoms with Crippen LogP contribution in [0.3, 0.4) is 0 Å². The number of fused-ring (bicyclic) bond motifs is 3. The van der Waals surface area contributed by atoms with Gasteiger partial charge in [-0.05, 0) is 29.7 Å². The predicted octanol–water partition coefficient (Wildman–Crippen LogP) is 4.21. The summed E-state index contributed by atoms with van der Waals surface area (Å²) >= 11 is 0. The zero-order valence-corrected chi connectivity index (χ0v) is 20.7. The van der Waals surface area contributed by atoms with E-state index in [1.807, 2.05) is 0 Å². The standard InChI is InChI=1S/C27H24F3N3O5/c1-14(2)23(25(36)27(28,29)30)32-21(35)13-33-12-18-17(11-19(33)15-7-5-4-6-8-15)16-9-10-20(34)22(24(16)31-18)26(37)38-3/h4-12,14,23,31H,13H2,1-3H3,(H,32,35). The first-order valence-corrected chi connectivity index (χ1v) is 11.7. The van der Waals surface area contributed by atoms with E-state index in [2.05, 4.69) is 10.3 Å². The lowest BCUT2D eigenvalue weighted by molar-refractivity contribution is -0.174. The zero-order chi connectivity index (χ0) is 27.8. The smallest absolute Gasteiger partial charge is 0.452 e. The Morgan fingerprint density at radius 1 is 1.05 bits per heavy atom. The van der Waals surface area contributed by atoms with E-state index >= 15 is 0 Å². The minimum absolute atomic E-state index is 0.169. The summed E-state index contributed by atoms with van der Waals surface area (Å²) in [4.78, 5) is 52.5. The van der Waals surface area contributed by atoms with Gasteiger partial charge in [0.15, 0.2) is 5.43 Å². The lowest BCUT2D eigenvalue weighted by Gasteiger charge is -2.23. The normalized spacial score (nSPS) is 12.6. The number of nitrogens with zero attached hydrogens (tertiary/aromatic N) is 1. The molecule has 2 aromatic carbocycles. The predicted molar refractivity (Wildman–Crippen MR) is 135 cm³/mol. The molecule has 0 aliphatic heterocycles. The second kappa shape index (κ2) is 10.2. The number of rotatable bonds is 7. The Morgan fingerprint density at radius 2 is 1.74 bits per heavy atom. The van der Waals surface area contributed by atoms with Gasteiger partial charge in [0.25, 0.3) is 5.78 Å². The molecule has 1 atom stereocenters. The summed E-state index contributed by atoms with van der Waals surface area (Å²) in [6.07, 6.45) is -3.52. The first kappa shape index (κ1) is 26.6. The number of ether oxygens (including phenoxy) is 1. The maximum absolute atomic E-state index is 13.1. The number of aromatic nitrogens is 2. The Balaban J connectivity index is 1.84. The van der Waals surface area contributed by atoms with E-state index < -0.39 is 47.8 Å². The summed E-state index contributed by atoms with van der Waals surface area (Å²) in [7, 11) is 1.16. The number of pyridine rings is 1. The largest absolute Gasteiger partial charge is 0.465 e. The summed E-state index contributed by atoms with van der Waals surface area (Å²) in [6, 6.07) is 11.8. The third-order valence-electron chi connectivity index (χ3n) is 6.20. The lowest BCUT2D eigenvalue weighted by Crippen LogP contribution is -2.50. The quantitative estimate of drug-likeness (QED) is 0.350. The van der Waals surface area contributed by atoms with Gasteiger partial charge in [0.2, 0.25) is 5.91 Å². The van der Waals surface area contributed by atoms with Gasteiger partial charge >= 0.3 is 12.1 Å². The Morgan fingerprint density at radius 3 is 2.34 bits per heavy atom. The average Bonchev–Trinajstić information content (AvgIpc) is 3.22. The van der Waals surface area contributed by atoms with Crippen LogP contribution in [0.2, 0.25) is 0 Å². The number of hydrogen-bond acceptors (Lipinski definition) is 5. The summed E-state index contributed by atoms with van der Waals surface area (Å²) in [6.45, 7) is 2.42. The van der Waals surface area contributed by atoms with Crippen LogP contribution in [0.1, 0.15) is 24.2 Å². The van der Waals surface area contributed by atoms with E-state index in [1.165, 1.54) is 24.5 Å². The van der Waals surface area contributed by atoms with Gasteiger partial charge in [-0.2, -0.15) is 13.2 Å². The van der Waals surface area contributed by atoms with Crippen molar-refractivity contribution in [3.63, 3.8) is 0 Å². The molecule has 0 saturated heterocycles. The van der Waals surface area contributed by atoms with Crippen LogP contribution in [0.25, 0.3) is 33.1 Å². The Labute approximate surface area is 214 Å². The number of hydrogen-bond donors (Lipinski definition) is 2. The summed E-state index contributed by atoms with van der Waals surface area (Å²) in [5.74, 6) is -4.42. The summed E-state index contributed by atoms with van der Waals surface area (Å²) < 4.78 is 45.5. The average molecular weight is 527 g/mol. The molecular formula is C27H24F3N3O5. The number of alkyl halides is 3. The highest BCUT2D eigenvalue weighted by Gasteiger charge is 2.45. The molecule has 2 aromatic heterocycles. The fraction of sp³-hybridized carbons (Fsp3) is 0.259. The molecule has 2 N–H and O–H groups in total. The molecule has 4 rings (SSSR count). The number of methoxy groups -OCH3 is 1. The van der Waals surface area contributed by atoms with E-state index in [0.717, 1.165) is 7.11 Å². The molecule has 4 aromatic rings. The number of halogens is 3. The molecule has 0 spiro atoms. The molecule has 8 nitrogen and oxygen atoms in total. The maximum atomic E-state index is 13.1. The van der Waals surface area contributed by atoms with Crippen LogP contribution in [-0.2, 0) is 20.9 Å². The summed E-state index contributed by atoms with van der Waals surface area (Å²) in [5, 5.41) is 3.44. The molecule has 0 aliphatic carbocycles. The van der Waals surface area contributed by atoms with E-state index in [4.69, 9.17) is 4.74 Å². The van der Waals surface area contributed by atoms with Gasteiger partial charge < -0.3 is 19.6 Å². The highest BCUT2D eigenvalue weighted by atomic mass is 19.4. The van der Waals surface area contributed by atoms with Crippen molar-refractivity contribution in [3.05, 3.63) is 70.5 Å². The van der Waals surface area contributed by atoms with Gasteiger partial charge in [-0.15, -0.1) is 0 Å². The summed E-state index contributed by atoms with van der Waals surface area (Å²) in [5.41, 5.74) is 1.28. The number of esters is 1. The van der Waals surface area contributed by atoms with Crippen LogP contribution in [0.5, 0.6) is 0 Å². The monoisotopic (exact) mass is 527 g/mol. The van der Waals surface area contributed by atoms with Gasteiger partial charge in [0.1, 0.15) is 12.1 Å². The second-order valence-corrected chi connectivity index (χ2v) is 9.11. The number of benzene rings is 2. The molecule has 0 fully saturated rings. The molecule has 198 valence electrons. The van der Waals surface area contributed by atoms with Crippen LogP contribution in [0, 0.1) is 5.92 Å². The van der Waals surface area contributed by atoms with Crippen molar-refractivity contribution in [2.24, 2.45) is 5.92 Å². The van der Waals surface area contributed by atoms with Crippen LogP contribution < -0.4 is 10.7 Å². The maximum Gasteiger partial charge on any atom is 0.452 e. The number of carbonyl (C=O) groups excluding carboxylic acids is 3. The third-order valence-corrected chi connectivity index (χ3v) is 6.20. The van der Waals surface area contributed by atoms with Crippen molar-refractivity contribution in [1.82, 2.24) is 14.9 Å². The van der Waals surface area contributed by atoms with E-state index in [-0.39, 0.29) is 11.1 Å². The van der Waals surface area contributed by atoms with Crippen LogP contribution in [0.4, 0.5) is 13.2 Å². The molecule has 0 radical (unpaired) electrons. The number of aromatic amines is 1. The number of Topliss-reactive ketones (excluding diaryl/α,β-unsaturated/α-hetero) is 1. The third kappa shape index (κ3) is 5.04. The number of carbonyl (C=O) groups is 3. The first-order valence-electron chi connectivity index (χ1n) is 11.7. The minimum Gasteiger partial charge on any atom is -0.465 e. The van der Waals surface area contributed by atoms with Crippen molar-refractivity contribution < 1.29 is 32.3 Å². The Kier molecular flexibility index (Phi) is 7.12. The molecular weight excluding hydrogens is 503 g/mol. The van der Waals surface area contributed by atoms with Crippen molar-refractivity contribution in [3.8, 4) is 11.3 Å². The van der Waals surface area contributed by atoms with E-state index in [9.17, 15) is 32.3 Å². The van der Waals surface area contributed by atoms with Crippen molar-refractivity contribution in [2.45, 2.75) is 32.6 Å². The molecule has 0 aliphatic rings. The SMILES string of the molecule is COC(=O)c1c(=O)ccc2c1[nH]c1cn(CC(=O)NC(C(=O)C(F)(F)F)C(C)C)c(-c3ccccc3)cc12. The number of amides is 1. The van der Waals surface area contributed by atoms with Gasteiger partial charge in [0, 0.05) is 22.7 Å². The molecule has 1 unspecified atom stereocenters. The van der Waals surface area contributed by atoms with Crippen molar-refractivity contribution in [2.75, 3.05) is 7.11 Å². The molecule has 38 heavy (non-hydrogen) atoms. The van der Waals surface area contributed by atoms with Gasteiger partial charge in [-0.1, -0.05) is 44.2 Å². The topological polar surface area (TPSA) is 110 Å². The highest BCUT2D eigenvalue weighted by molar-refractivity contribution is 6.14.